The molecule has 0 saturated carbocycles. The molecule has 0 aromatic heterocycles. The summed E-state index contributed by atoms with van der Waals surface area (Å²) in [4.78, 5) is 2.21. The molecule has 4 nitrogen and oxygen atoms in total. The van der Waals surface area contributed by atoms with Crippen LogP contribution in [0, 0.1) is 0 Å². The topological polar surface area (TPSA) is 47.7 Å². The monoisotopic (exact) mass is 252 g/mol. The molecule has 2 N–H and O–H groups in total. The van der Waals surface area contributed by atoms with Gasteiger partial charge in [0.1, 0.15) is 11.5 Å². The van der Waals surface area contributed by atoms with E-state index in [1.54, 1.807) is 14.2 Å². The summed E-state index contributed by atoms with van der Waals surface area (Å²) in [6, 6.07) is 6.08. The van der Waals surface area contributed by atoms with Crippen molar-refractivity contribution in [3.05, 3.63) is 23.8 Å². The maximum absolute atomic E-state index is 6.26. The lowest BCUT2D eigenvalue weighted by Crippen LogP contribution is -2.34. The molecule has 102 valence electrons. The van der Waals surface area contributed by atoms with Crippen molar-refractivity contribution in [2.75, 3.05) is 27.8 Å². The molecule has 0 saturated heterocycles. The number of rotatable bonds is 6. The fourth-order valence-electron chi connectivity index (χ4n) is 1.75. The van der Waals surface area contributed by atoms with Crippen molar-refractivity contribution >= 4 is 0 Å². The standard InChI is InChI=1S/C14H24N2O2/c1-10(2)16(3)9-13(15)12-8-11(17-4)6-7-14(12)18-5/h6-8,10,13H,9,15H2,1-5H3. The highest BCUT2D eigenvalue weighted by molar-refractivity contribution is 5.42. The third-order valence-electron chi connectivity index (χ3n) is 3.20. The van der Waals surface area contributed by atoms with Crippen LogP contribution >= 0.6 is 0 Å². The summed E-state index contributed by atoms with van der Waals surface area (Å²) >= 11 is 0. The van der Waals surface area contributed by atoms with Crippen LogP contribution in [0.2, 0.25) is 0 Å². The first kappa shape index (κ1) is 14.8. The van der Waals surface area contributed by atoms with Gasteiger partial charge < -0.3 is 20.1 Å². The number of nitrogens with zero attached hydrogens (tertiary/aromatic N) is 1. The van der Waals surface area contributed by atoms with Gasteiger partial charge in [0.15, 0.2) is 0 Å². The SMILES string of the molecule is COc1ccc(OC)c(C(N)CN(C)C(C)C)c1. The van der Waals surface area contributed by atoms with E-state index in [0.29, 0.717) is 6.04 Å². The van der Waals surface area contributed by atoms with Crippen molar-refractivity contribution in [3.8, 4) is 11.5 Å². The van der Waals surface area contributed by atoms with Gasteiger partial charge in [-0.2, -0.15) is 0 Å². The third kappa shape index (κ3) is 3.62. The van der Waals surface area contributed by atoms with Gasteiger partial charge in [-0.05, 0) is 39.1 Å². The molecule has 0 spiro atoms. The van der Waals surface area contributed by atoms with Gasteiger partial charge in [-0.15, -0.1) is 0 Å². The summed E-state index contributed by atoms with van der Waals surface area (Å²) in [6.07, 6.45) is 0. The smallest absolute Gasteiger partial charge is 0.123 e. The van der Waals surface area contributed by atoms with Crippen LogP contribution < -0.4 is 15.2 Å². The fraction of sp³-hybridized carbons (Fsp3) is 0.571. The summed E-state index contributed by atoms with van der Waals surface area (Å²) in [7, 11) is 5.37. The van der Waals surface area contributed by atoms with Gasteiger partial charge >= 0.3 is 0 Å². The first-order valence-electron chi connectivity index (χ1n) is 6.17. The second-order valence-corrected chi connectivity index (χ2v) is 4.75. The summed E-state index contributed by atoms with van der Waals surface area (Å²) in [5, 5.41) is 0. The van der Waals surface area contributed by atoms with Crippen molar-refractivity contribution < 1.29 is 9.47 Å². The van der Waals surface area contributed by atoms with Gasteiger partial charge in [0.05, 0.1) is 14.2 Å². The maximum Gasteiger partial charge on any atom is 0.123 e. The number of benzene rings is 1. The minimum absolute atomic E-state index is 0.0950. The fourth-order valence-corrected chi connectivity index (χ4v) is 1.75. The van der Waals surface area contributed by atoms with Gasteiger partial charge in [-0.25, -0.2) is 0 Å². The molecule has 0 radical (unpaired) electrons. The number of ether oxygens (including phenoxy) is 2. The summed E-state index contributed by atoms with van der Waals surface area (Å²) in [5.74, 6) is 1.61. The molecule has 1 unspecified atom stereocenters. The Hall–Kier alpha value is -1.26. The van der Waals surface area contributed by atoms with E-state index in [0.717, 1.165) is 23.6 Å². The van der Waals surface area contributed by atoms with Gasteiger partial charge in [-0.1, -0.05) is 0 Å². The lowest BCUT2D eigenvalue weighted by atomic mass is 10.0. The Morgan fingerprint density at radius 2 is 1.89 bits per heavy atom. The molecular formula is C14H24N2O2. The molecule has 4 heteroatoms. The molecule has 0 aliphatic rings. The second kappa shape index (κ2) is 6.61. The van der Waals surface area contributed by atoms with Crippen molar-refractivity contribution in [2.45, 2.75) is 25.9 Å². The number of hydrogen-bond acceptors (Lipinski definition) is 4. The minimum atomic E-state index is -0.0950. The number of methoxy groups -OCH3 is 2. The van der Waals surface area contributed by atoms with Crippen LogP contribution in [0.1, 0.15) is 25.5 Å². The van der Waals surface area contributed by atoms with E-state index in [4.69, 9.17) is 15.2 Å². The van der Waals surface area contributed by atoms with E-state index in [2.05, 4.69) is 25.8 Å². The Morgan fingerprint density at radius 3 is 2.39 bits per heavy atom. The molecule has 0 bridgehead atoms. The van der Waals surface area contributed by atoms with Gasteiger partial charge in [0, 0.05) is 24.2 Å². The number of hydrogen-bond donors (Lipinski definition) is 1. The second-order valence-electron chi connectivity index (χ2n) is 4.75. The van der Waals surface area contributed by atoms with Crippen molar-refractivity contribution in [1.29, 1.82) is 0 Å². The van der Waals surface area contributed by atoms with E-state index < -0.39 is 0 Å². The van der Waals surface area contributed by atoms with E-state index in [-0.39, 0.29) is 6.04 Å². The molecule has 0 amide bonds. The molecule has 0 heterocycles. The molecule has 1 rings (SSSR count). The average Bonchev–Trinajstić information content (AvgIpc) is 2.37. The number of nitrogens with two attached hydrogens (primary N) is 1. The Balaban J connectivity index is 2.91. The normalized spacial score (nSPS) is 12.9. The predicted molar refractivity (Wildman–Crippen MR) is 74.2 cm³/mol. The Morgan fingerprint density at radius 1 is 1.22 bits per heavy atom. The lowest BCUT2D eigenvalue weighted by molar-refractivity contribution is 0.255. The van der Waals surface area contributed by atoms with E-state index in [1.807, 2.05) is 18.2 Å². The average molecular weight is 252 g/mol. The Bertz CT molecular complexity index is 380. The highest BCUT2D eigenvalue weighted by Crippen LogP contribution is 2.28. The number of likely N-dealkylation sites (N-methyl/N-ethyl adjacent to an activating group) is 1. The third-order valence-corrected chi connectivity index (χ3v) is 3.20. The highest BCUT2D eigenvalue weighted by Gasteiger charge is 2.16. The van der Waals surface area contributed by atoms with Crippen LogP contribution in [-0.4, -0.2) is 38.8 Å². The first-order valence-corrected chi connectivity index (χ1v) is 6.17. The molecule has 0 aliphatic carbocycles. The molecule has 18 heavy (non-hydrogen) atoms. The molecule has 0 aliphatic heterocycles. The van der Waals surface area contributed by atoms with Crippen molar-refractivity contribution in [3.63, 3.8) is 0 Å². The van der Waals surface area contributed by atoms with E-state index in [1.165, 1.54) is 0 Å². The van der Waals surface area contributed by atoms with Gasteiger partial charge in [0.2, 0.25) is 0 Å². The lowest BCUT2D eigenvalue weighted by Gasteiger charge is -2.26. The van der Waals surface area contributed by atoms with Crippen molar-refractivity contribution in [2.24, 2.45) is 5.73 Å². The predicted octanol–water partition coefficient (Wildman–Crippen LogP) is 2.04. The first-order chi connectivity index (χ1) is 8.49. The van der Waals surface area contributed by atoms with E-state index in [9.17, 15) is 0 Å². The van der Waals surface area contributed by atoms with Gasteiger partial charge in [0.25, 0.3) is 0 Å². The highest BCUT2D eigenvalue weighted by atomic mass is 16.5. The molecule has 1 aromatic carbocycles. The van der Waals surface area contributed by atoms with Crippen LogP contribution in [-0.2, 0) is 0 Å². The summed E-state index contributed by atoms with van der Waals surface area (Å²) in [6.45, 7) is 5.08. The van der Waals surface area contributed by atoms with E-state index >= 15 is 0 Å². The largest absolute Gasteiger partial charge is 0.497 e. The van der Waals surface area contributed by atoms with Crippen molar-refractivity contribution in [1.82, 2.24) is 4.90 Å². The van der Waals surface area contributed by atoms with Crippen LogP contribution in [0.15, 0.2) is 18.2 Å². The quantitative estimate of drug-likeness (QED) is 0.841. The molecule has 1 atom stereocenters. The maximum atomic E-state index is 6.26. The van der Waals surface area contributed by atoms with Crippen LogP contribution in [0.4, 0.5) is 0 Å². The summed E-state index contributed by atoms with van der Waals surface area (Å²) in [5.41, 5.74) is 7.23. The van der Waals surface area contributed by atoms with Crippen LogP contribution in [0.25, 0.3) is 0 Å². The zero-order valence-corrected chi connectivity index (χ0v) is 11.9. The Kier molecular flexibility index (Phi) is 5.44. The minimum Gasteiger partial charge on any atom is -0.497 e. The molecule has 0 fully saturated rings. The molecule has 1 aromatic rings. The Labute approximate surface area is 110 Å². The van der Waals surface area contributed by atoms with Crippen LogP contribution in [0.3, 0.4) is 0 Å². The zero-order chi connectivity index (χ0) is 13.7. The summed E-state index contributed by atoms with van der Waals surface area (Å²) < 4.78 is 10.6. The van der Waals surface area contributed by atoms with Gasteiger partial charge in [-0.3, -0.25) is 0 Å². The zero-order valence-electron chi connectivity index (χ0n) is 11.9. The molecular weight excluding hydrogens is 228 g/mol. The van der Waals surface area contributed by atoms with Crippen LogP contribution in [0.5, 0.6) is 11.5 Å².